The molecule has 0 aliphatic rings. The fraction of sp³-hybridized carbons (Fsp3) is 0.0714. The van der Waals surface area contributed by atoms with E-state index in [2.05, 4.69) is 15.5 Å². The smallest absolute Gasteiger partial charge is 0.294 e. The molecule has 5 nitrogen and oxygen atoms in total. The van der Waals surface area contributed by atoms with Crippen LogP contribution in [-0.2, 0) is 0 Å². The van der Waals surface area contributed by atoms with Crippen molar-refractivity contribution in [1.82, 2.24) is 10.1 Å². The third-order valence-corrected chi connectivity index (χ3v) is 3.95. The minimum atomic E-state index is -0.368. The number of thiophene rings is 1. The van der Waals surface area contributed by atoms with E-state index in [9.17, 15) is 4.79 Å². The highest BCUT2D eigenvalue weighted by Gasteiger charge is 2.15. The Labute approximate surface area is 129 Å². The molecule has 0 fully saturated rings. The standard InChI is InChI=1S/C14H10ClN3O2S/c1-8-7-10(20-18-8)14(19)17-9-3-2-6-16-13(9)11-4-5-12(15)21-11/h2-7H,1H3,(H,17,19). The summed E-state index contributed by atoms with van der Waals surface area (Å²) in [6.45, 7) is 1.75. The number of halogens is 1. The molecule has 3 rings (SSSR count). The normalized spacial score (nSPS) is 10.6. The molecule has 106 valence electrons. The number of aryl methyl sites for hydroxylation is 1. The summed E-state index contributed by atoms with van der Waals surface area (Å²) in [6.07, 6.45) is 1.66. The number of rotatable bonds is 3. The second-order valence-corrected chi connectivity index (χ2v) is 6.01. The number of amides is 1. The fourth-order valence-corrected chi connectivity index (χ4v) is 2.85. The van der Waals surface area contributed by atoms with Crippen LogP contribution >= 0.6 is 22.9 Å². The van der Waals surface area contributed by atoms with E-state index < -0.39 is 0 Å². The first-order valence-electron chi connectivity index (χ1n) is 6.09. The monoisotopic (exact) mass is 319 g/mol. The van der Waals surface area contributed by atoms with Crippen molar-refractivity contribution in [1.29, 1.82) is 0 Å². The summed E-state index contributed by atoms with van der Waals surface area (Å²) in [5.41, 5.74) is 1.91. The molecule has 3 aromatic heterocycles. The Kier molecular flexibility index (Phi) is 3.72. The van der Waals surface area contributed by atoms with Crippen molar-refractivity contribution < 1.29 is 9.32 Å². The van der Waals surface area contributed by atoms with Crippen LogP contribution in [0.15, 0.2) is 41.1 Å². The molecular weight excluding hydrogens is 310 g/mol. The van der Waals surface area contributed by atoms with Crippen LogP contribution in [0, 0.1) is 6.92 Å². The maximum atomic E-state index is 12.1. The zero-order chi connectivity index (χ0) is 14.8. The van der Waals surface area contributed by atoms with Crippen molar-refractivity contribution in [2.45, 2.75) is 6.92 Å². The molecule has 1 amide bonds. The first-order chi connectivity index (χ1) is 10.1. The summed E-state index contributed by atoms with van der Waals surface area (Å²) in [7, 11) is 0. The Morgan fingerprint density at radius 1 is 1.38 bits per heavy atom. The van der Waals surface area contributed by atoms with Crippen molar-refractivity contribution in [3.63, 3.8) is 0 Å². The first-order valence-corrected chi connectivity index (χ1v) is 7.28. The molecule has 3 aromatic rings. The second-order valence-electron chi connectivity index (χ2n) is 4.29. The number of hydrogen-bond acceptors (Lipinski definition) is 5. The SMILES string of the molecule is Cc1cc(C(=O)Nc2cccnc2-c2ccc(Cl)s2)on1. The van der Waals surface area contributed by atoms with Gasteiger partial charge < -0.3 is 9.84 Å². The highest BCUT2D eigenvalue weighted by Crippen LogP contribution is 2.33. The van der Waals surface area contributed by atoms with Crippen LogP contribution in [0.2, 0.25) is 4.34 Å². The van der Waals surface area contributed by atoms with Gasteiger partial charge in [-0.2, -0.15) is 0 Å². The van der Waals surface area contributed by atoms with Gasteiger partial charge in [0, 0.05) is 12.3 Å². The molecule has 0 saturated heterocycles. The lowest BCUT2D eigenvalue weighted by atomic mass is 10.2. The maximum absolute atomic E-state index is 12.1. The Hall–Kier alpha value is -2.18. The fourth-order valence-electron chi connectivity index (χ4n) is 1.80. The van der Waals surface area contributed by atoms with Crippen LogP contribution in [0.1, 0.15) is 16.2 Å². The largest absolute Gasteiger partial charge is 0.351 e. The molecule has 0 spiro atoms. The second kappa shape index (κ2) is 5.67. The molecule has 0 aromatic carbocycles. The molecule has 1 N–H and O–H groups in total. The molecule has 21 heavy (non-hydrogen) atoms. The van der Waals surface area contributed by atoms with Gasteiger partial charge in [-0.3, -0.25) is 9.78 Å². The average molecular weight is 320 g/mol. The topological polar surface area (TPSA) is 68.0 Å². The lowest BCUT2D eigenvalue weighted by molar-refractivity contribution is 0.0988. The molecule has 0 bridgehead atoms. The number of aromatic nitrogens is 2. The van der Waals surface area contributed by atoms with Crippen LogP contribution in [0.5, 0.6) is 0 Å². The van der Waals surface area contributed by atoms with Crippen molar-refractivity contribution in [3.8, 4) is 10.6 Å². The maximum Gasteiger partial charge on any atom is 0.294 e. The van der Waals surface area contributed by atoms with Crippen LogP contribution in [0.3, 0.4) is 0 Å². The Morgan fingerprint density at radius 2 is 2.24 bits per heavy atom. The lowest BCUT2D eigenvalue weighted by Crippen LogP contribution is -2.12. The van der Waals surface area contributed by atoms with E-state index in [1.165, 1.54) is 11.3 Å². The minimum Gasteiger partial charge on any atom is -0.351 e. The van der Waals surface area contributed by atoms with Gasteiger partial charge in [0.15, 0.2) is 0 Å². The lowest BCUT2D eigenvalue weighted by Gasteiger charge is -2.07. The van der Waals surface area contributed by atoms with Gasteiger partial charge in [0.05, 0.1) is 20.6 Å². The van der Waals surface area contributed by atoms with E-state index >= 15 is 0 Å². The summed E-state index contributed by atoms with van der Waals surface area (Å²) in [6, 6.07) is 8.76. The van der Waals surface area contributed by atoms with Gasteiger partial charge >= 0.3 is 0 Å². The Balaban J connectivity index is 1.91. The molecule has 0 saturated carbocycles. The number of carbonyl (C=O) groups excluding carboxylic acids is 1. The number of nitrogens with one attached hydrogen (secondary N) is 1. The zero-order valence-corrected chi connectivity index (χ0v) is 12.5. The van der Waals surface area contributed by atoms with Gasteiger partial charge in [0.2, 0.25) is 5.76 Å². The molecule has 0 aliphatic carbocycles. The van der Waals surface area contributed by atoms with Gasteiger partial charge in [-0.15, -0.1) is 11.3 Å². The van der Waals surface area contributed by atoms with Gasteiger partial charge in [0.1, 0.15) is 5.69 Å². The Bertz CT molecular complexity index is 797. The van der Waals surface area contributed by atoms with E-state index in [0.717, 1.165) is 4.88 Å². The number of hydrogen-bond donors (Lipinski definition) is 1. The van der Waals surface area contributed by atoms with Crippen molar-refractivity contribution in [3.05, 3.63) is 52.3 Å². The summed E-state index contributed by atoms with van der Waals surface area (Å²) >= 11 is 7.35. The first kappa shape index (κ1) is 13.8. The zero-order valence-electron chi connectivity index (χ0n) is 11.0. The summed E-state index contributed by atoms with van der Waals surface area (Å²) in [5.74, 6) is -0.209. The molecule has 0 aliphatic heterocycles. The third-order valence-electron chi connectivity index (χ3n) is 2.71. The molecular formula is C14H10ClN3O2S. The Morgan fingerprint density at radius 3 is 2.90 bits per heavy atom. The number of carbonyl (C=O) groups is 1. The van der Waals surface area contributed by atoms with Crippen molar-refractivity contribution in [2.75, 3.05) is 5.32 Å². The molecule has 0 atom stereocenters. The predicted octanol–water partition coefficient (Wildman–Crippen LogP) is 4.01. The van der Waals surface area contributed by atoms with Crippen LogP contribution < -0.4 is 5.32 Å². The predicted molar refractivity (Wildman–Crippen MR) is 81.8 cm³/mol. The highest BCUT2D eigenvalue weighted by molar-refractivity contribution is 7.19. The van der Waals surface area contributed by atoms with E-state index in [-0.39, 0.29) is 11.7 Å². The summed E-state index contributed by atoms with van der Waals surface area (Å²) < 4.78 is 5.61. The van der Waals surface area contributed by atoms with Gasteiger partial charge in [-0.25, -0.2) is 0 Å². The van der Waals surface area contributed by atoms with E-state index in [0.29, 0.717) is 21.4 Å². The van der Waals surface area contributed by atoms with Crippen molar-refractivity contribution >= 4 is 34.5 Å². The summed E-state index contributed by atoms with van der Waals surface area (Å²) in [4.78, 5) is 17.3. The molecule has 0 unspecified atom stereocenters. The number of nitrogens with zero attached hydrogens (tertiary/aromatic N) is 2. The quantitative estimate of drug-likeness (QED) is 0.792. The number of pyridine rings is 1. The molecule has 0 radical (unpaired) electrons. The number of anilines is 1. The van der Waals surface area contributed by atoms with Crippen LogP contribution in [0.4, 0.5) is 5.69 Å². The molecule has 3 heterocycles. The van der Waals surface area contributed by atoms with Gasteiger partial charge in [0.25, 0.3) is 5.91 Å². The van der Waals surface area contributed by atoms with E-state index in [4.69, 9.17) is 16.1 Å². The average Bonchev–Trinajstić information content (AvgIpc) is 3.08. The minimum absolute atomic E-state index is 0.159. The van der Waals surface area contributed by atoms with E-state index in [1.54, 1.807) is 37.4 Å². The van der Waals surface area contributed by atoms with E-state index in [1.807, 2.05) is 6.07 Å². The van der Waals surface area contributed by atoms with Gasteiger partial charge in [-0.1, -0.05) is 16.8 Å². The molecule has 7 heteroatoms. The third kappa shape index (κ3) is 2.96. The summed E-state index contributed by atoms with van der Waals surface area (Å²) in [5, 5.41) is 6.47. The van der Waals surface area contributed by atoms with Gasteiger partial charge in [-0.05, 0) is 31.2 Å². The highest BCUT2D eigenvalue weighted by atomic mass is 35.5. The van der Waals surface area contributed by atoms with Crippen molar-refractivity contribution in [2.24, 2.45) is 0 Å². The van der Waals surface area contributed by atoms with Crippen LogP contribution in [-0.4, -0.2) is 16.0 Å². The van der Waals surface area contributed by atoms with Crippen LogP contribution in [0.25, 0.3) is 10.6 Å².